The van der Waals surface area contributed by atoms with Gasteiger partial charge in [0.25, 0.3) is 0 Å². The van der Waals surface area contributed by atoms with Crippen molar-refractivity contribution in [3.63, 3.8) is 0 Å². The van der Waals surface area contributed by atoms with Crippen molar-refractivity contribution in [3.05, 3.63) is 134 Å². The second kappa shape index (κ2) is 49.9. The monoisotopic (exact) mass is 988 g/mol. The predicted octanol–water partition coefficient (Wildman–Crippen LogP) is 13.7. The maximum absolute atomic E-state index is 13.0. The van der Waals surface area contributed by atoms with Crippen molar-refractivity contribution < 1.29 is 39.8 Å². The molecule has 0 aromatic carbocycles. The van der Waals surface area contributed by atoms with E-state index in [1.807, 2.05) is 0 Å². The van der Waals surface area contributed by atoms with E-state index in [4.69, 9.17) is 9.47 Å². The summed E-state index contributed by atoms with van der Waals surface area (Å²) in [6, 6.07) is -0.745. The largest absolute Gasteiger partial charge is 0.394 e. The molecule has 0 aromatic rings. The topological polar surface area (TPSA) is 149 Å². The van der Waals surface area contributed by atoms with Gasteiger partial charge in [0, 0.05) is 6.42 Å². The second-order valence-corrected chi connectivity index (χ2v) is 18.6. The summed E-state index contributed by atoms with van der Waals surface area (Å²) in [6.45, 7) is 3.67. The van der Waals surface area contributed by atoms with Crippen LogP contribution in [-0.4, -0.2) is 87.5 Å². The molecule has 1 saturated heterocycles. The van der Waals surface area contributed by atoms with E-state index in [9.17, 15) is 30.3 Å². The Labute approximate surface area is 432 Å². The number of amides is 1. The van der Waals surface area contributed by atoms with E-state index in [0.29, 0.717) is 12.8 Å². The van der Waals surface area contributed by atoms with Crippen LogP contribution in [0.2, 0.25) is 0 Å². The number of allylic oxidation sites excluding steroid dienone is 22. The fourth-order valence-corrected chi connectivity index (χ4v) is 7.87. The molecular weight excluding hydrogens is 887 g/mol. The number of hydrogen-bond donors (Lipinski definition) is 6. The summed E-state index contributed by atoms with van der Waals surface area (Å²) in [4.78, 5) is 13.0. The number of aliphatic hydroxyl groups excluding tert-OH is 5. The highest BCUT2D eigenvalue weighted by molar-refractivity contribution is 5.76. The van der Waals surface area contributed by atoms with Crippen LogP contribution in [0.4, 0.5) is 0 Å². The lowest BCUT2D eigenvalue weighted by molar-refractivity contribution is -0.302. The van der Waals surface area contributed by atoms with Crippen LogP contribution in [0.25, 0.3) is 0 Å². The lowest BCUT2D eigenvalue weighted by atomic mass is 9.99. The van der Waals surface area contributed by atoms with Crippen molar-refractivity contribution in [2.45, 2.75) is 236 Å². The molecule has 9 heteroatoms. The number of ether oxygens (including phenoxy) is 2. The van der Waals surface area contributed by atoms with Crippen LogP contribution in [0.15, 0.2) is 134 Å². The number of unbranched alkanes of at least 4 members (excludes halogenated alkanes) is 13. The lowest BCUT2D eigenvalue weighted by Crippen LogP contribution is -2.60. The molecule has 1 amide bonds. The second-order valence-electron chi connectivity index (χ2n) is 18.6. The van der Waals surface area contributed by atoms with Gasteiger partial charge in [-0.3, -0.25) is 4.79 Å². The summed E-state index contributed by atoms with van der Waals surface area (Å²) in [6.07, 6.45) is 69.1. The van der Waals surface area contributed by atoms with Crippen LogP contribution in [-0.2, 0) is 14.3 Å². The van der Waals surface area contributed by atoms with Gasteiger partial charge in [-0.1, -0.05) is 225 Å². The summed E-state index contributed by atoms with van der Waals surface area (Å²) in [5, 5.41) is 54.4. The highest BCUT2D eigenvalue weighted by Gasteiger charge is 2.44. The van der Waals surface area contributed by atoms with Gasteiger partial charge in [-0.15, -0.1) is 0 Å². The molecule has 1 rings (SSSR count). The van der Waals surface area contributed by atoms with Crippen molar-refractivity contribution in [1.82, 2.24) is 5.32 Å². The van der Waals surface area contributed by atoms with E-state index in [0.717, 1.165) is 116 Å². The molecule has 0 aliphatic carbocycles. The quantitative estimate of drug-likeness (QED) is 0.0261. The zero-order valence-electron chi connectivity index (χ0n) is 44.4. The van der Waals surface area contributed by atoms with Crippen LogP contribution >= 0.6 is 0 Å². The number of nitrogens with one attached hydrogen (secondary N) is 1. The van der Waals surface area contributed by atoms with Gasteiger partial charge in [0.2, 0.25) is 5.91 Å². The number of aliphatic hydroxyl groups is 5. The predicted molar refractivity (Wildman–Crippen MR) is 299 cm³/mol. The number of rotatable bonds is 45. The van der Waals surface area contributed by atoms with E-state index in [2.05, 4.69) is 153 Å². The minimum Gasteiger partial charge on any atom is -0.394 e. The van der Waals surface area contributed by atoms with Crippen LogP contribution in [0, 0.1) is 0 Å². The first kappa shape index (κ1) is 65.3. The Morgan fingerprint density at radius 3 is 1.28 bits per heavy atom. The fourth-order valence-electron chi connectivity index (χ4n) is 7.87. The Morgan fingerprint density at radius 2 is 0.873 bits per heavy atom. The van der Waals surface area contributed by atoms with E-state index in [1.165, 1.54) is 51.4 Å². The smallest absolute Gasteiger partial charge is 0.220 e. The Balaban J connectivity index is 2.21. The molecule has 0 radical (unpaired) electrons. The van der Waals surface area contributed by atoms with Gasteiger partial charge in [0.1, 0.15) is 24.4 Å². The van der Waals surface area contributed by atoms with Crippen LogP contribution in [0.1, 0.15) is 194 Å². The van der Waals surface area contributed by atoms with E-state index in [1.54, 1.807) is 0 Å². The Bertz CT molecular complexity index is 1570. The molecule has 402 valence electrons. The van der Waals surface area contributed by atoms with Gasteiger partial charge in [-0.2, -0.15) is 0 Å². The molecule has 0 saturated carbocycles. The van der Waals surface area contributed by atoms with E-state index in [-0.39, 0.29) is 12.5 Å². The molecule has 6 N–H and O–H groups in total. The Morgan fingerprint density at radius 1 is 0.493 bits per heavy atom. The third-order valence-corrected chi connectivity index (χ3v) is 12.3. The summed E-state index contributed by atoms with van der Waals surface area (Å²) in [5.74, 6) is -0.184. The molecule has 9 nitrogen and oxygen atoms in total. The van der Waals surface area contributed by atoms with Crippen molar-refractivity contribution in [3.8, 4) is 0 Å². The van der Waals surface area contributed by atoms with Crippen molar-refractivity contribution in [1.29, 1.82) is 0 Å². The number of hydrogen-bond acceptors (Lipinski definition) is 8. The van der Waals surface area contributed by atoms with Crippen LogP contribution in [0.5, 0.6) is 0 Å². The Hall–Kier alpha value is -3.67. The molecule has 1 heterocycles. The molecule has 0 spiro atoms. The third-order valence-electron chi connectivity index (χ3n) is 12.3. The van der Waals surface area contributed by atoms with Crippen LogP contribution in [0.3, 0.4) is 0 Å². The van der Waals surface area contributed by atoms with Crippen molar-refractivity contribution >= 4 is 5.91 Å². The molecule has 71 heavy (non-hydrogen) atoms. The molecule has 1 fully saturated rings. The fraction of sp³-hybridized carbons (Fsp3) is 0.629. The Kier molecular flexibility index (Phi) is 45.9. The van der Waals surface area contributed by atoms with Crippen molar-refractivity contribution in [2.24, 2.45) is 0 Å². The number of carbonyl (C=O) groups is 1. The van der Waals surface area contributed by atoms with Crippen LogP contribution < -0.4 is 5.32 Å². The summed E-state index contributed by atoms with van der Waals surface area (Å²) < 4.78 is 11.2. The third kappa shape index (κ3) is 39.5. The van der Waals surface area contributed by atoms with E-state index < -0.39 is 49.5 Å². The summed E-state index contributed by atoms with van der Waals surface area (Å²) in [5.41, 5.74) is 0. The minimum atomic E-state index is -1.57. The van der Waals surface area contributed by atoms with Gasteiger partial charge in [0.15, 0.2) is 6.29 Å². The van der Waals surface area contributed by atoms with Gasteiger partial charge < -0.3 is 40.3 Å². The van der Waals surface area contributed by atoms with Gasteiger partial charge in [0.05, 0.1) is 25.4 Å². The molecular formula is C62H101NO8. The highest BCUT2D eigenvalue weighted by atomic mass is 16.7. The normalized spacial score (nSPS) is 20.4. The SMILES string of the molecule is CC/C=C\C/C=C\C/C=C\C/C=C\C/C=C\C/C=C\C/C=C\C/C=C\C/C=C\C/C=C\C/C=C\CCCCCC(=O)NC(COC1OC(CO)C(O)C(O)C1O)C(O)CCCCCCCCCCCCC. The summed E-state index contributed by atoms with van der Waals surface area (Å²) in [7, 11) is 0. The average Bonchev–Trinajstić information content (AvgIpc) is 3.37. The first-order valence-corrected chi connectivity index (χ1v) is 27.9. The zero-order chi connectivity index (χ0) is 51.5. The molecule has 0 bridgehead atoms. The number of carbonyl (C=O) groups excluding carboxylic acids is 1. The molecule has 1 aliphatic rings. The van der Waals surface area contributed by atoms with Gasteiger partial charge >= 0.3 is 0 Å². The maximum Gasteiger partial charge on any atom is 0.220 e. The first-order chi connectivity index (χ1) is 34.8. The van der Waals surface area contributed by atoms with Gasteiger partial charge in [-0.05, 0) is 96.3 Å². The first-order valence-electron chi connectivity index (χ1n) is 27.9. The maximum atomic E-state index is 13.0. The van der Waals surface area contributed by atoms with Gasteiger partial charge in [-0.25, -0.2) is 0 Å². The van der Waals surface area contributed by atoms with E-state index >= 15 is 0 Å². The molecule has 7 unspecified atom stereocenters. The molecule has 7 atom stereocenters. The molecule has 0 aromatic heterocycles. The van der Waals surface area contributed by atoms with Crippen molar-refractivity contribution in [2.75, 3.05) is 13.2 Å². The molecule has 1 aliphatic heterocycles. The average molecular weight is 988 g/mol. The standard InChI is InChI=1S/C62H101NO8/c1-3-5-7-9-11-13-15-16-17-18-19-20-21-22-23-24-25-26-27-28-29-30-31-32-33-34-35-36-37-38-39-40-42-44-46-48-50-52-58(66)63-55(54-70-62-61(69)60(68)59(67)57(53-64)71-62)56(65)51-49-47-45-43-41-14-12-10-8-6-4-2/h5,7,11,13,16-17,19-20,22-23,25-26,28-29,31-32,34-35,37-38,40,42,55-57,59-62,64-65,67-69H,3-4,6,8-10,12,14-15,18,21,24,27,30,33,36,39,41,43-54H2,1-2H3,(H,63,66)/b7-5-,13-11-,17-16-,20-19-,23-22-,26-25-,29-28-,32-31-,35-34-,38-37-,42-40-. The lowest BCUT2D eigenvalue weighted by Gasteiger charge is -2.40. The zero-order valence-corrected chi connectivity index (χ0v) is 44.4. The summed E-state index contributed by atoms with van der Waals surface area (Å²) >= 11 is 0. The highest BCUT2D eigenvalue weighted by Crippen LogP contribution is 2.23. The minimum absolute atomic E-state index is 0.160.